The van der Waals surface area contributed by atoms with Gasteiger partial charge in [0.1, 0.15) is 0 Å². The number of rotatable bonds is 4. The highest BCUT2D eigenvalue weighted by Crippen LogP contribution is 2.27. The van der Waals surface area contributed by atoms with Crippen LogP contribution in [0.2, 0.25) is 0 Å². The molecule has 136 valence electrons. The number of hydrogen-bond acceptors (Lipinski definition) is 4. The zero-order valence-electron chi connectivity index (χ0n) is 14.3. The lowest BCUT2D eigenvalue weighted by Gasteiger charge is -2.32. The number of halogens is 3. The van der Waals surface area contributed by atoms with Gasteiger partial charge in [-0.05, 0) is 18.2 Å². The van der Waals surface area contributed by atoms with E-state index in [1.165, 1.54) is 12.1 Å². The maximum atomic E-state index is 12.7. The minimum Gasteiger partial charge on any atom is -0.304 e. The van der Waals surface area contributed by atoms with Gasteiger partial charge in [-0.15, -0.1) is 0 Å². The number of hydrogen-bond donors (Lipinski definition) is 0. The van der Waals surface area contributed by atoms with Crippen molar-refractivity contribution in [1.82, 2.24) is 9.80 Å². The lowest BCUT2D eigenvalue weighted by molar-refractivity contribution is -0.385. The fraction of sp³-hybridized carbons (Fsp3) is 0.625. The molecule has 2 rings (SSSR count). The summed E-state index contributed by atoms with van der Waals surface area (Å²) >= 11 is 0. The molecule has 1 saturated heterocycles. The molecule has 0 saturated carbocycles. The minimum absolute atomic E-state index is 0.0133. The van der Waals surface area contributed by atoms with E-state index in [1.807, 2.05) is 20.9 Å². The van der Waals surface area contributed by atoms with E-state index >= 15 is 0 Å². The van der Waals surface area contributed by atoms with E-state index in [4.69, 9.17) is 0 Å². The van der Waals surface area contributed by atoms with E-state index in [0.717, 1.165) is 32.2 Å². The molecule has 0 bridgehead atoms. The molecule has 1 heterocycles. The quantitative estimate of drug-likeness (QED) is 0.618. The highest BCUT2D eigenvalue weighted by molar-refractivity contribution is 5.40. The molecule has 1 aromatic carbocycles. The van der Waals surface area contributed by atoms with Crippen LogP contribution < -0.4 is 0 Å². The number of alkyl halides is 3. The molecule has 1 aromatic rings. The fourth-order valence-corrected chi connectivity index (χ4v) is 2.51. The van der Waals surface area contributed by atoms with Crippen molar-refractivity contribution in [3.05, 3.63) is 39.4 Å². The summed E-state index contributed by atoms with van der Waals surface area (Å²) in [5.41, 5.74) is 0.189. The maximum absolute atomic E-state index is 12.7. The van der Waals surface area contributed by atoms with Crippen molar-refractivity contribution in [2.24, 2.45) is 0 Å². The van der Waals surface area contributed by atoms with Gasteiger partial charge in [0.15, 0.2) is 0 Å². The summed E-state index contributed by atoms with van der Waals surface area (Å²) in [5, 5.41) is 10.8. The van der Waals surface area contributed by atoms with Crippen LogP contribution in [0, 0.1) is 10.1 Å². The second-order valence-electron chi connectivity index (χ2n) is 5.58. The van der Waals surface area contributed by atoms with Gasteiger partial charge in [-0.2, -0.15) is 13.2 Å². The molecule has 0 radical (unpaired) electrons. The Morgan fingerprint density at radius 1 is 1.12 bits per heavy atom. The molecule has 24 heavy (non-hydrogen) atoms. The second-order valence-corrected chi connectivity index (χ2v) is 5.58. The third-order valence-electron chi connectivity index (χ3n) is 3.78. The standard InChI is InChI=1S/C14H18F3N3O2.C2H6/c1-18-4-6-19(7-5-18)10-11-2-3-13(20(21)22)8-12(11)9-14(15,16)17;1-2/h2-3,8H,4-7,9-10H2,1H3;1-2H3. The van der Waals surface area contributed by atoms with Crippen molar-refractivity contribution in [3.63, 3.8) is 0 Å². The normalized spacial score (nSPS) is 16.4. The van der Waals surface area contributed by atoms with Crippen LogP contribution in [0.3, 0.4) is 0 Å². The van der Waals surface area contributed by atoms with Gasteiger partial charge in [0.05, 0.1) is 11.3 Å². The van der Waals surface area contributed by atoms with Crippen LogP contribution in [-0.2, 0) is 13.0 Å². The van der Waals surface area contributed by atoms with E-state index in [-0.39, 0.29) is 11.3 Å². The number of piperazine rings is 1. The first-order valence-electron chi connectivity index (χ1n) is 7.98. The molecule has 0 atom stereocenters. The first kappa shape index (κ1) is 20.4. The molecule has 8 heteroatoms. The third-order valence-corrected chi connectivity index (χ3v) is 3.78. The smallest absolute Gasteiger partial charge is 0.304 e. The number of benzene rings is 1. The van der Waals surface area contributed by atoms with E-state index < -0.39 is 17.5 Å². The van der Waals surface area contributed by atoms with Crippen molar-refractivity contribution >= 4 is 5.69 Å². The van der Waals surface area contributed by atoms with Crippen molar-refractivity contribution < 1.29 is 18.1 Å². The first-order chi connectivity index (χ1) is 11.2. The highest BCUT2D eigenvalue weighted by Gasteiger charge is 2.30. The average molecular weight is 347 g/mol. The molecule has 1 fully saturated rings. The number of nitrogens with zero attached hydrogens (tertiary/aromatic N) is 3. The van der Waals surface area contributed by atoms with Crippen LogP contribution in [-0.4, -0.2) is 54.1 Å². The predicted octanol–water partition coefficient (Wildman–Crippen LogP) is 3.47. The Morgan fingerprint density at radius 2 is 1.71 bits per heavy atom. The van der Waals surface area contributed by atoms with Crippen LogP contribution in [0.15, 0.2) is 18.2 Å². The number of likely N-dealkylation sites (N-methyl/N-ethyl adjacent to an activating group) is 1. The minimum atomic E-state index is -4.38. The second kappa shape index (κ2) is 8.98. The Hall–Kier alpha value is -1.67. The molecule has 1 aliphatic rings. The van der Waals surface area contributed by atoms with Gasteiger partial charge in [-0.1, -0.05) is 19.9 Å². The van der Waals surface area contributed by atoms with Gasteiger partial charge in [0.25, 0.3) is 5.69 Å². The topological polar surface area (TPSA) is 49.6 Å². The van der Waals surface area contributed by atoms with Crippen molar-refractivity contribution in [3.8, 4) is 0 Å². The van der Waals surface area contributed by atoms with Gasteiger partial charge in [-0.25, -0.2) is 0 Å². The lowest BCUT2D eigenvalue weighted by Crippen LogP contribution is -2.44. The van der Waals surface area contributed by atoms with Crippen molar-refractivity contribution in [2.45, 2.75) is 33.0 Å². The van der Waals surface area contributed by atoms with Crippen LogP contribution >= 0.6 is 0 Å². The molecule has 0 amide bonds. The third kappa shape index (κ3) is 6.45. The van der Waals surface area contributed by atoms with Gasteiger partial charge in [0.2, 0.25) is 0 Å². The summed E-state index contributed by atoms with van der Waals surface area (Å²) in [4.78, 5) is 14.3. The summed E-state index contributed by atoms with van der Waals surface area (Å²) in [7, 11) is 2.00. The Morgan fingerprint density at radius 3 is 2.21 bits per heavy atom. The zero-order valence-corrected chi connectivity index (χ0v) is 14.3. The highest BCUT2D eigenvalue weighted by atomic mass is 19.4. The number of nitro groups is 1. The Bertz CT molecular complexity index is 542. The Labute approximate surface area is 140 Å². The van der Waals surface area contributed by atoms with E-state index in [9.17, 15) is 23.3 Å². The van der Waals surface area contributed by atoms with Crippen LogP contribution in [0.4, 0.5) is 18.9 Å². The summed E-state index contributed by atoms with van der Waals surface area (Å²) < 4.78 is 38.1. The summed E-state index contributed by atoms with van der Waals surface area (Å²) in [6, 6.07) is 3.75. The Balaban J connectivity index is 0.00000139. The Kier molecular flexibility index (Phi) is 7.62. The molecule has 0 aliphatic carbocycles. The predicted molar refractivity (Wildman–Crippen MR) is 87.0 cm³/mol. The molecule has 0 aromatic heterocycles. The molecule has 0 unspecified atom stereocenters. The van der Waals surface area contributed by atoms with Gasteiger partial charge in [0, 0.05) is 44.9 Å². The van der Waals surface area contributed by atoms with E-state index in [1.54, 1.807) is 0 Å². The van der Waals surface area contributed by atoms with Crippen molar-refractivity contribution in [2.75, 3.05) is 33.2 Å². The molecule has 1 aliphatic heterocycles. The lowest BCUT2D eigenvalue weighted by atomic mass is 10.0. The SMILES string of the molecule is CC.CN1CCN(Cc2ccc([N+](=O)[O-])cc2CC(F)(F)F)CC1. The molecule has 5 nitrogen and oxygen atoms in total. The largest absolute Gasteiger partial charge is 0.393 e. The monoisotopic (exact) mass is 347 g/mol. The number of nitro benzene ring substituents is 1. The summed E-state index contributed by atoms with van der Waals surface area (Å²) in [6.45, 7) is 7.66. The molecular weight excluding hydrogens is 323 g/mol. The fourth-order valence-electron chi connectivity index (χ4n) is 2.51. The van der Waals surface area contributed by atoms with Crippen LogP contribution in [0.1, 0.15) is 25.0 Å². The average Bonchev–Trinajstić information content (AvgIpc) is 2.51. The van der Waals surface area contributed by atoms with E-state index in [2.05, 4.69) is 9.80 Å². The molecular formula is C16H24F3N3O2. The number of non-ortho nitro benzene ring substituents is 1. The summed E-state index contributed by atoms with van der Waals surface area (Å²) in [6.07, 6.45) is -5.52. The van der Waals surface area contributed by atoms with Crippen LogP contribution in [0.5, 0.6) is 0 Å². The first-order valence-corrected chi connectivity index (χ1v) is 7.98. The van der Waals surface area contributed by atoms with E-state index in [0.29, 0.717) is 12.1 Å². The van der Waals surface area contributed by atoms with Crippen molar-refractivity contribution in [1.29, 1.82) is 0 Å². The summed E-state index contributed by atoms with van der Waals surface area (Å²) in [5.74, 6) is 0. The molecule has 0 spiro atoms. The van der Waals surface area contributed by atoms with Gasteiger partial charge in [-0.3, -0.25) is 15.0 Å². The van der Waals surface area contributed by atoms with Gasteiger partial charge >= 0.3 is 6.18 Å². The molecule has 0 N–H and O–H groups in total. The van der Waals surface area contributed by atoms with Gasteiger partial charge < -0.3 is 4.90 Å². The zero-order chi connectivity index (χ0) is 18.3. The van der Waals surface area contributed by atoms with Crippen LogP contribution in [0.25, 0.3) is 0 Å². The maximum Gasteiger partial charge on any atom is 0.393 e.